The van der Waals surface area contributed by atoms with E-state index in [0.717, 1.165) is 6.42 Å². The predicted octanol–water partition coefficient (Wildman–Crippen LogP) is -2.18. The number of carbonyl (C=O) groups excluding carboxylic acids is 2. The van der Waals surface area contributed by atoms with Gasteiger partial charge in [0.05, 0.1) is 11.3 Å². The third kappa shape index (κ3) is 3.84. The molecule has 2 aromatic heterocycles. The summed E-state index contributed by atoms with van der Waals surface area (Å²) in [5, 5.41) is 15.2. The topological polar surface area (TPSA) is 108 Å². The minimum absolute atomic E-state index is 0. The number of hydrogen-bond donors (Lipinski definition) is 1. The van der Waals surface area contributed by atoms with Crippen LogP contribution in [0.2, 0.25) is 0 Å². The van der Waals surface area contributed by atoms with E-state index in [1.165, 1.54) is 6.20 Å². The number of furan rings is 1. The summed E-state index contributed by atoms with van der Waals surface area (Å²) in [6, 6.07) is 3.29. The van der Waals surface area contributed by atoms with Gasteiger partial charge in [-0.2, -0.15) is 5.10 Å². The fourth-order valence-corrected chi connectivity index (χ4v) is 2.65. The van der Waals surface area contributed by atoms with E-state index in [2.05, 4.69) is 15.5 Å². The van der Waals surface area contributed by atoms with Crippen LogP contribution in [-0.4, -0.2) is 22.6 Å². The Hall–Kier alpha value is -1.32. The van der Waals surface area contributed by atoms with E-state index in [9.17, 15) is 14.7 Å². The number of carboxylic acids is 1. The molecule has 1 aliphatic rings. The summed E-state index contributed by atoms with van der Waals surface area (Å²) in [5.74, 6) is -1.33. The number of aryl methyl sites for hydroxylation is 1. The summed E-state index contributed by atoms with van der Waals surface area (Å²) < 4.78 is 5.35. The summed E-state index contributed by atoms with van der Waals surface area (Å²) in [7, 11) is 0. The van der Waals surface area contributed by atoms with Crippen LogP contribution in [0.3, 0.4) is 0 Å². The smallest absolute Gasteiger partial charge is 0.542 e. The molecule has 0 atom stereocenters. The molecule has 0 radical (unpaired) electrons. The Balaban J connectivity index is 0.00000208. The molecule has 0 saturated heterocycles. The normalized spacial score (nSPS) is 14.6. The Morgan fingerprint density at radius 3 is 2.83 bits per heavy atom. The molecule has 1 aliphatic carbocycles. The van der Waals surface area contributed by atoms with Crippen LogP contribution < -0.4 is 61.9 Å². The number of aromatic nitrogens is 1. The van der Waals surface area contributed by atoms with E-state index < -0.39 is 5.97 Å². The quantitative estimate of drug-likeness (QED) is 0.500. The molecule has 1 amide bonds. The molecule has 0 fully saturated rings. The standard InChI is InChI=1S/C16H15N3O4.K/c1-9-13-11(5-2-6-12(13)23-14(9)16(21)22)18-19-15(20)10-4-3-7-17-8-10;/h3-4,7-8H,2,5-6H2,1H3,(H,19,20)(H,21,22);/q;+1/p-1/b18-11+;. The molecular weight excluding hydrogens is 337 g/mol. The van der Waals surface area contributed by atoms with Crippen LogP contribution in [0, 0.1) is 6.92 Å². The molecule has 0 unspecified atom stereocenters. The SMILES string of the molecule is Cc1c(C(=O)[O-])oc2c1/C(=N/NC(=O)c1cccnc1)CCC2.[K+]. The third-order valence-corrected chi connectivity index (χ3v) is 3.73. The van der Waals surface area contributed by atoms with Gasteiger partial charge in [0, 0.05) is 29.9 Å². The molecule has 24 heavy (non-hydrogen) atoms. The van der Waals surface area contributed by atoms with Gasteiger partial charge >= 0.3 is 51.4 Å². The monoisotopic (exact) mass is 351 g/mol. The molecule has 0 saturated carbocycles. The molecule has 2 heterocycles. The van der Waals surface area contributed by atoms with E-state index in [1.54, 1.807) is 25.3 Å². The second kappa shape index (κ2) is 8.17. The summed E-state index contributed by atoms with van der Waals surface area (Å²) in [6.45, 7) is 1.65. The Bertz CT molecular complexity index is 799. The van der Waals surface area contributed by atoms with Crippen molar-refractivity contribution in [1.82, 2.24) is 10.4 Å². The van der Waals surface area contributed by atoms with Gasteiger partial charge in [0.15, 0.2) is 5.76 Å². The Labute approximate surface area is 181 Å². The van der Waals surface area contributed by atoms with Gasteiger partial charge in [-0.3, -0.25) is 9.78 Å². The number of hydrogen-bond acceptors (Lipinski definition) is 6. The number of carbonyl (C=O) groups is 2. The zero-order valence-corrected chi connectivity index (χ0v) is 16.6. The maximum Gasteiger partial charge on any atom is 1.00 e. The second-order valence-corrected chi connectivity index (χ2v) is 5.24. The molecule has 0 spiro atoms. The van der Waals surface area contributed by atoms with Gasteiger partial charge in [0.2, 0.25) is 0 Å². The summed E-state index contributed by atoms with van der Waals surface area (Å²) >= 11 is 0. The van der Waals surface area contributed by atoms with Gasteiger partial charge in [0.1, 0.15) is 11.7 Å². The molecule has 118 valence electrons. The molecule has 3 rings (SSSR count). The number of nitrogens with one attached hydrogen (secondary N) is 1. The maximum atomic E-state index is 12.0. The first kappa shape index (κ1) is 19.0. The summed E-state index contributed by atoms with van der Waals surface area (Å²) in [4.78, 5) is 27.0. The van der Waals surface area contributed by atoms with Crippen LogP contribution in [0.1, 0.15) is 50.6 Å². The largest absolute Gasteiger partial charge is 1.00 e. The van der Waals surface area contributed by atoms with Crippen LogP contribution in [-0.2, 0) is 6.42 Å². The van der Waals surface area contributed by atoms with Gasteiger partial charge in [-0.1, -0.05) is 0 Å². The van der Waals surface area contributed by atoms with E-state index >= 15 is 0 Å². The van der Waals surface area contributed by atoms with Crippen molar-refractivity contribution in [3.63, 3.8) is 0 Å². The van der Waals surface area contributed by atoms with Crippen molar-refractivity contribution in [3.8, 4) is 0 Å². The minimum Gasteiger partial charge on any atom is -0.542 e. The molecule has 0 aromatic carbocycles. The number of nitrogens with zero attached hydrogens (tertiary/aromatic N) is 2. The van der Waals surface area contributed by atoms with Crippen molar-refractivity contribution in [2.75, 3.05) is 0 Å². The molecular formula is C16H14KN3O4. The first-order valence-corrected chi connectivity index (χ1v) is 7.19. The van der Waals surface area contributed by atoms with Crippen LogP contribution >= 0.6 is 0 Å². The average molecular weight is 351 g/mol. The fraction of sp³-hybridized carbons (Fsp3) is 0.250. The summed E-state index contributed by atoms with van der Waals surface area (Å²) in [5.41, 5.74) is 4.62. The van der Waals surface area contributed by atoms with Crippen LogP contribution in [0.15, 0.2) is 34.0 Å². The molecule has 0 bridgehead atoms. The first-order chi connectivity index (χ1) is 11.1. The predicted molar refractivity (Wildman–Crippen MR) is 79.0 cm³/mol. The van der Waals surface area contributed by atoms with E-state index in [4.69, 9.17) is 4.42 Å². The van der Waals surface area contributed by atoms with Gasteiger partial charge < -0.3 is 14.3 Å². The fourth-order valence-electron chi connectivity index (χ4n) is 2.65. The van der Waals surface area contributed by atoms with Gasteiger partial charge in [-0.05, 0) is 31.9 Å². The average Bonchev–Trinajstić information content (AvgIpc) is 2.91. The van der Waals surface area contributed by atoms with Gasteiger partial charge in [0.25, 0.3) is 5.91 Å². The van der Waals surface area contributed by atoms with Crippen molar-refractivity contribution in [2.24, 2.45) is 5.10 Å². The number of pyridine rings is 1. The zero-order valence-electron chi connectivity index (χ0n) is 13.5. The van der Waals surface area contributed by atoms with Crippen molar-refractivity contribution in [3.05, 3.63) is 52.7 Å². The van der Waals surface area contributed by atoms with E-state index in [0.29, 0.717) is 41.0 Å². The number of hydrazone groups is 1. The van der Waals surface area contributed by atoms with Crippen LogP contribution in [0.5, 0.6) is 0 Å². The van der Waals surface area contributed by atoms with Crippen molar-refractivity contribution < 1.29 is 70.5 Å². The van der Waals surface area contributed by atoms with E-state index in [1.807, 2.05) is 0 Å². The van der Waals surface area contributed by atoms with Crippen molar-refractivity contribution in [2.45, 2.75) is 26.2 Å². The zero-order chi connectivity index (χ0) is 16.4. The number of carboxylic acid groups (broad SMARTS) is 1. The molecule has 0 aliphatic heterocycles. The Morgan fingerprint density at radius 1 is 1.38 bits per heavy atom. The Morgan fingerprint density at radius 2 is 2.17 bits per heavy atom. The maximum absolute atomic E-state index is 12.0. The van der Waals surface area contributed by atoms with Crippen molar-refractivity contribution >= 4 is 17.6 Å². The minimum atomic E-state index is -1.35. The second-order valence-electron chi connectivity index (χ2n) is 5.24. The number of rotatable bonds is 3. The van der Waals surface area contributed by atoms with Crippen LogP contribution in [0.25, 0.3) is 0 Å². The number of fused-ring (bicyclic) bond motifs is 1. The molecule has 1 N–H and O–H groups in total. The number of amides is 1. The van der Waals surface area contributed by atoms with Crippen LogP contribution in [0.4, 0.5) is 0 Å². The Kier molecular flexibility index (Phi) is 6.47. The van der Waals surface area contributed by atoms with Gasteiger partial charge in [-0.25, -0.2) is 5.43 Å². The first-order valence-electron chi connectivity index (χ1n) is 7.19. The van der Waals surface area contributed by atoms with Crippen molar-refractivity contribution in [1.29, 1.82) is 0 Å². The third-order valence-electron chi connectivity index (χ3n) is 3.73. The molecule has 7 nitrogen and oxygen atoms in total. The molecule has 8 heteroatoms. The molecule has 2 aromatic rings. The van der Waals surface area contributed by atoms with E-state index in [-0.39, 0.29) is 63.1 Å². The number of aromatic carboxylic acids is 1. The summed E-state index contributed by atoms with van der Waals surface area (Å²) in [6.07, 6.45) is 5.06. The van der Waals surface area contributed by atoms with Gasteiger partial charge in [-0.15, -0.1) is 0 Å².